The van der Waals surface area contributed by atoms with Crippen molar-refractivity contribution >= 4 is 36.0 Å². The first-order valence-electron chi connectivity index (χ1n) is 7.45. The number of ketones is 1. The highest BCUT2D eigenvalue weighted by molar-refractivity contribution is 14.2. The number of Topliss-reactive ketones (excluding diaryl/α,β-unsaturated/α-hetero) is 1. The second-order valence-electron chi connectivity index (χ2n) is 4.97. The van der Waals surface area contributed by atoms with Gasteiger partial charge in [-0.05, 0) is 36.2 Å². The van der Waals surface area contributed by atoms with Crippen LogP contribution in [0.25, 0.3) is 0 Å². The van der Waals surface area contributed by atoms with Crippen molar-refractivity contribution in [3.05, 3.63) is 63.7 Å². The Morgan fingerprint density at radius 3 is 2.42 bits per heavy atom. The molecular formula is C19H19IO4. The lowest BCUT2D eigenvalue weighted by atomic mass is 10.1. The molecule has 2 rings (SSSR count). The minimum atomic E-state index is -0.850. The van der Waals surface area contributed by atoms with Gasteiger partial charge in [0.05, 0.1) is 14.2 Å². The Kier molecular flexibility index (Phi) is 7.11. The molecule has 0 aromatic heterocycles. The van der Waals surface area contributed by atoms with Gasteiger partial charge in [0.25, 0.3) is 0 Å². The van der Waals surface area contributed by atoms with E-state index in [4.69, 9.17) is 9.47 Å². The van der Waals surface area contributed by atoms with Crippen LogP contribution in [0.1, 0.15) is 12.0 Å². The summed E-state index contributed by atoms with van der Waals surface area (Å²) in [5.74, 6) is 0.109. The summed E-state index contributed by atoms with van der Waals surface area (Å²) in [7, 11) is 2.92. The molecule has 0 amide bonds. The van der Waals surface area contributed by atoms with E-state index in [0.29, 0.717) is 9.93 Å². The second-order valence-corrected chi connectivity index (χ2v) is 7.83. The van der Waals surface area contributed by atoms with Gasteiger partial charge in [0.15, 0.2) is 5.78 Å². The van der Waals surface area contributed by atoms with Crippen molar-refractivity contribution in [1.29, 1.82) is 0 Å². The fraction of sp³-hybridized carbons (Fsp3) is 0.211. The Morgan fingerprint density at radius 1 is 1.00 bits per heavy atom. The number of hydrogen-bond acceptors (Lipinski definition) is 4. The molecule has 2 aromatic rings. The van der Waals surface area contributed by atoms with Gasteiger partial charge in [-0.2, -0.15) is 0 Å². The van der Waals surface area contributed by atoms with E-state index in [1.165, 1.54) is 7.11 Å². The normalized spacial score (nSPS) is 11.3. The number of carbonyl (C=O) groups excluding carboxylic acids is 2. The van der Waals surface area contributed by atoms with E-state index in [1.54, 1.807) is 7.11 Å². The van der Waals surface area contributed by atoms with Gasteiger partial charge in [-0.15, -0.1) is 0 Å². The van der Waals surface area contributed by atoms with E-state index in [2.05, 4.69) is 0 Å². The quantitative estimate of drug-likeness (QED) is 0.378. The van der Waals surface area contributed by atoms with Crippen LogP contribution in [0, 0.1) is 3.57 Å². The predicted molar refractivity (Wildman–Crippen MR) is 103 cm³/mol. The molecule has 0 N–H and O–H groups in total. The van der Waals surface area contributed by atoms with Gasteiger partial charge in [-0.3, -0.25) is 4.79 Å². The van der Waals surface area contributed by atoms with Crippen LogP contribution in [0.3, 0.4) is 0 Å². The standard InChI is InChI=1S/C19H19IO4/c1-23-16-10-6-7-14(13-16)11-12-17(21)18(19(22)24-2)20-15-8-4-3-5-9-15/h3-10,13H,11-12H2,1-2H3. The summed E-state index contributed by atoms with van der Waals surface area (Å²) in [6.07, 6.45) is 0.846. The minimum absolute atomic E-state index is 0.138. The van der Waals surface area contributed by atoms with E-state index >= 15 is 0 Å². The SMILES string of the molecule is COC(=O)C(=Ic1ccccc1)C(=O)CCc1cccc(OC)c1. The zero-order chi connectivity index (χ0) is 17.4. The van der Waals surface area contributed by atoms with Gasteiger partial charge in [0, 0.05) is 9.99 Å². The maximum atomic E-state index is 12.5. The van der Waals surface area contributed by atoms with Gasteiger partial charge >= 0.3 is 5.97 Å². The highest BCUT2D eigenvalue weighted by Crippen LogP contribution is 2.17. The number of hydrogen-bond donors (Lipinski definition) is 0. The van der Waals surface area contributed by atoms with Crippen molar-refractivity contribution < 1.29 is 19.1 Å². The lowest BCUT2D eigenvalue weighted by Gasteiger charge is -2.06. The Labute approximate surface area is 151 Å². The van der Waals surface area contributed by atoms with Gasteiger partial charge in [-0.1, -0.05) is 51.1 Å². The van der Waals surface area contributed by atoms with Crippen LogP contribution in [0.4, 0.5) is 0 Å². The number of aryl methyl sites for hydroxylation is 1. The molecule has 0 spiro atoms. The van der Waals surface area contributed by atoms with Gasteiger partial charge in [-0.25, -0.2) is 4.79 Å². The average Bonchev–Trinajstić information content (AvgIpc) is 2.64. The molecular weight excluding hydrogens is 419 g/mol. The maximum Gasteiger partial charge on any atom is 0.347 e. The molecule has 0 bridgehead atoms. The van der Waals surface area contributed by atoms with E-state index in [1.807, 2.05) is 54.6 Å². The van der Waals surface area contributed by atoms with E-state index in [0.717, 1.165) is 14.9 Å². The van der Waals surface area contributed by atoms with Crippen molar-refractivity contribution in [1.82, 2.24) is 0 Å². The third-order valence-electron chi connectivity index (χ3n) is 3.32. The summed E-state index contributed by atoms with van der Waals surface area (Å²) in [6.45, 7) is 0. The first-order valence-corrected chi connectivity index (χ1v) is 9.61. The highest BCUT2D eigenvalue weighted by Gasteiger charge is 2.19. The Bertz CT molecular complexity index is 738. The number of carbonyl (C=O) groups is 2. The first kappa shape index (κ1) is 18.3. The number of halogens is 1. The summed E-state index contributed by atoms with van der Waals surface area (Å²) in [5.41, 5.74) is 1.00. The van der Waals surface area contributed by atoms with Crippen molar-refractivity contribution in [2.45, 2.75) is 12.8 Å². The Morgan fingerprint density at radius 2 is 1.75 bits per heavy atom. The molecule has 4 nitrogen and oxygen atoms in total. The van der Waals surface area contributed by atoms with Crippen molar-refractivity contribution in [2.75, 3.05) is 14.2 Å². The number of methoxy groups -OCH3 is 2. The van der Waals surface area contributed by atoms with Crippen molar-refractivity contribution in [2.24, 2.45) is 0 Å². The predicted octanol–water partition coefficient (Wildman–Crippen LogP) is 3.38. The molecule has 0 fully saturated rings. The monoisotopic (exact) mass is 438 g/mol. The molecule has 0 saturated carbocycles. The molecule has 0 unspecified atom stereocenters. The average molecular weight is 438 g/mol. The maximum absolute atomic E-state index is 12.5. The molecule has 2 aromatic carbocycles. The van der Waals surface area contributed by atoms with E-state index in [-0.39, 0.29) is 12.2 Å². The van der Waals surface area contributed by atoms with Crippen LogP contribution in [0.15, 0.2) is 54.6 Å². The van der Waals surface area contributed by atoms with Gasteiger partial charge < -0.3 is 9.47 Å². The lowest BCUT2D eigenvalue weighted by Crippen LogP contribution is -2.24. The second kappa shape index (κ2) is 9.32. The van der Waals surface area contributed by atoms with Crippen LogP contribution in [-0.4, -0.2) is 29.5 Å². The molecule has 0 aliphatic heterocycles. The number of rotatable bonds is 7. The van der Waals surface area contributed by atoms with Crippen LogP contribution >= 0.6 is 20.7 Å². The lowest BCUT2D eigenvalue weighted by molar-refractivity contribution is -0.133. The van der Waals surface area contributed by atoms with Gasteiger partial charge in [0.1, 0.15) is 9.26 Å². The topological polar surface area (TPSA) is 52.6 Å². The largest absolute Gasteiger partial charge is 0.497 e. The van der Waals surface area contributed by atoms with E-state index < -0.39 is 26.7 Å². The molecule has 0 atom stereocenters. The number of esters is 1. The Hall–Kier alpha value is -2.02. The molecule has 5 heteroatoms. The fourth-order valence-electron chi connectivity index (χ4n) is 2.08. The molecule has 0 heterocycles. The molecule has 0 radical (unpaired) electrons. The summed E-state index contributed by atoms with van der Waals surface area (Å²) >= 11 is -0.850. The zero-order valence-corrected chi connectivity index (χ0v) is 15.8. The molecule has 126 valence electrons. The summed E-state index contributed by atoms with van der Waals surface area (Å²) in [6, 6.07) is 17.2. The van der Waals surface area contributed by atoms with Crippen molar-refractivity contribution in [3.63, 3.8) is 0 Å². The molecule has 24 heavy (non-hydrogen) atoms. The third-order valence-corrected chi connectivity index (χ3v) is 6.24. The molecule has 0 aliphatic rings. The molecule has 0 aliphatic carbocycles. The van der Waals surface area contributed by atoms with Crippen molar-refractivity contribution in [3.8, 4) is 5.75 Å². The Balaban J connectivity index is 2.13. The number of ether oxygens (including phenoxy) is 2. The van der Waals surface area contributed by atoms with Crippen LogP contribution in [0.5, 0.6) is 5.75 Å². The van der Waals surface area contributed by atoms with Crippen LogP contribution in [0.2, 0.25) is 0 Å². The summed E-state index contributed by atoms with van der Waals surface area (Å²) < 4.78 is 11.3. The van der Waals surface area contributed by atoms with E-state index in [9.17, 15) is 9.59 Å². The van der Waals surface area contributed by atoms with Gasteiger partial charge in [0.2, 0.25) is 0 Å². The summed E-state index contributed by atoms with van der Waals surface area (Å²) in [5, 5.41) is 0. The van der Waals surface area contributed by atoms with Crippen LogP contribution in [-0.2, 0) is 20.7 Å². The molecule has 0 saturated heterocycles. The summed E-state index contributed by atoms with van der Waals surface area (Å²) in [4.78, 5) is 24.5. The highest BCUT2D eigenvalue weighted by atomic mass is 127. The smallest absolute Gasteiger partial charge is 0.347 e. The fourth-order valence-corrected chi connectivity index (χ4v) is 4.49. The zero-order valence-electron chi connectivity index (χ0n) is 13.6. The number of benzene rings is 2. The third kappa shape index (κ3) is 5.26. The first-order chi connectivity index (χ1) is 11.6. The minimum Gasteiger partial charge on any atom is -0.497 e. The van der Waals surface area contributed by atoms with Crippen LogP contribution < -0.4 is 4.74 Å².